The number of rotatable bonds is 5. The third-order valence-corrected chi connectivity index (χ3v) is 4.58. The highest BCUT2D eigenvalue weighted by atomic mass is 16.6. The number of fused-ring (bicyclic) bond motifs is 1. The first-order chi connectivity index (χ1) is 9.78. The minimum Gasteiger partial charge on any atom is -0.392 e. The zero-order valence-corrected chi connectivity index (χ0v) is 13.2. The van der Waals surface area contributed by atoms with Crippen LogP contribution in [0.5, 0.6) is 0 Å². The quantitative estimate of drug-likeness (QED) is 0.680. The Morgan fingerprint density at radius 3 is 2.67 bits per heavy atom. The largest absolute Gasteiger partial charge is 0.392 e. The molecule has 4 heteroatoms. The molecule has 0 amide bonds. The lowest BCUT2D eigenvalue weighted by atomic mass is 9.89. The van der Waals surface area contributed by atoms with Crippen LogP contribution in [0.25, 0.3) is 0 Å². The fourth-order valence-electron chi connectivity index (χ4n) is 3.38. The van der Waals surface area contributed by atoms with Crippen LogP contribution in [0, 0.1) is 11.8 Å². The second-order valence-corrected chi connectivity index (χ2v) is 6.95. The lowest BCUT2D eigenvalue weighted by Crippen LogP contribution is -2.23. The molecule has 2 unspecified atom stereocenters. The Labute approximate surface area is 127 Å². The SMILES string of the molecule is CC(C)=CCCC(C)(O)C=C[C@@H]1[C@H]2CC(O)O[C@H]2C[C@H]1O. The molecule has 1 aliphatic carbocycles. The van der Waals surface area contributed by atoms with Crippen LogP contribution < -0.4 is 0 Å². The van der Waals surface area contributed by atoms with Crippen molar-refractivity contribution in [1.29, 1.82) is 0 Å². The highest BCUT2D eigenvalue weighted by Crippen LogP contribution is 2.43. The third-order valence-electron chi connectivity index (χ3n) is 4.58. The van der Waals surface area contributed by atoms with Crippen LogP contribution >= 0.6 is 0 Å². The highest BCUT2D eigenvalue weighted by molar-refractivity contribution is 5.09. The van der Waals surface area contributed by atoms with E-state index in [-0.39, 0.29) is 17.9 Å². The first-order valence-corrected chi connectivity index (χ1v) is 7.85. The van der Waals surface area contributed by atoms with Gasteiger partial charge in [0.1, 0.15) is 0 Å². The molecule has 0 spiro atoms. The fraction of sp³-hybridized carbons (Fsp3) is 0.765. The first-order valence-electron chi connectivity index (χ1n) is 7.85. The smallest absolute Gasteiger partial charge is 0.155 e. The van der Waals surface area contributed by atoms with Crippen LogP contribution in [-0.2, 0) is 4.74 Å². The van der Waals surface area contributed by atoms with Gasteiger partial charge in [-0.05, 0) is 39.5 Å². The van der Waals surface area contributed by atoms with Crippen LogP contribution in [0.15, 0.2) is 23.8 Å². The van der Waals surface area contributed by atoms with Gasteiger partial charge in [-0.2, -0.15) is 0 Å². The molecule has 1 saturated carbocycles. The van der Waals surface area contributed by atoms with Gasteiger partial charge in [0.05, 0.1) is 17.8 Å². The summed E-state index contributed by atoms with van der Waals surface area (Å²) in [7, 11) is 0. The maximum Gasteiger partial charge on any atom is 0.155 e. The molecule has 2 fully saturated rings. The number of aliphatic hydroxyl groups excluding tert-OH is 2. The van der Waals surface area contributed by atoms with E-state index in [2.05, 4.69) is 6.08 Å². The number of ether oxygens (including phenoxy) is 1. The van der Waals surface area contributed by atoms with E-state index in [0.717, 1.165) is 6.42 Å². The lowest BCUT2D eigenvalue weighted by Gasteiger charge is -2.21. The third kappa shape index (κ3) is 4.39. The molecule has 2 aliphatic rings. The molecule has 2 rings (SSSR count). The van der Waals surface area contributed by atoms with Gasteiger partial charge in [-0.1, -0.05) is 23.8 Å². The Hall–Kier alpha value is -0.680. The first kappa shape index (κ1) is 16.7. The van der Waals surface area contributed by atoms with Crippen molar-refractivity contribution in [2.75, 3.05) is 0 Å². The zero-order valence-electron chi connectivity index (χ0n) is 13.2. The summed E-state index contributed by atoms with van der Waals surface area (Å²) >= 11 is 0. The van der Waals surface area contributed by atoms with Crippen molar-refractivity contribution < 1.29 is 20.1 Å². The predicted molar refractivity (Wildman–Crippen MR) is 81.5 cm³/mol. The van der Waals surface area contributed by atoms with Gasteiger partial charge in [0.2, 0.25) is 0 Å². The molecular formula is C17H28O4. The van der Waals surface area contributed by atoms with E-state index in [1.54, 1.807) is 13.0 Å². The van der Waals surface area contributed by atoms with Crippen LogP contribution in [0.4, 0.5) is 0 Å². The molecular weight excluding hydrogens is 268 g/mol. The van der Waals surface area contributed by atoms with E-state index in [4.69, 9.17) is 4.74 Å². The van der Waals surface area contributed by atoms with Crippen LogP contribution in [-0.4, -0.2) is 39.4 Å². The van der Waals surface area contributed by atoms with Crippen LogP contribution in [0.3, 0.4) is 0 Å². The molecule has 0 aromatic carbocycles. The molecule has 1 aliphatic heterocycles. The Balaban J connectivity index is 1.94. The lowest BCUT2D eigenvalue weighted by molar-refractivity contribution is -0.0949. The molecule has 0 aromatic heterocycles. The molecule has 1 saturated heterocycles. The number of allylic oxidation sites excluding steroid dienone is 2. The maximum atomic E-state index is 10.4. The monoisotopic (exact) mass is 296 g/mol. The predicted octanol–water partition coefficient (Wildman–Crippen LogP) is 2.14. The summed E-state index contributed by atoms with van der Waals surface area (Å²) in [6.07, 6.45) is 7.24. The van der Waals surface area contributed by atoms with Crippen molar-refractivity contribution in [3.63, 3.8) is 0 Å². The molecule has 21 heavy (non-hydrogen) atoms. The molecule has 1 heterocycles. The minimum atomic E-state index is -0.873. The Bertz CT molecular complexity index is 409. The molecule has 120 valence electrons. The second-order valence-electron chi connectivity index (χ2n) is 6.95. The summed E-state index contributed by atoms with van der Waals surface area (Å²) in [6.45, 7) is 5.89. The molecule has 4 nitrogen and oxygen atoms in total. The maximum absolute atomic E-state index is 10.4. The van der Waals surface area contributed by atoms with Crippen molar-refractivity contribution in [2.24, 2.45) is 11.8 Å². The highest BCUT2D eigenvalue weighted by Gasteiger charge is 2.47. The summed E-state index contributed by atoms with van der Waals surface area (Å²) in [4.78, 5) is 0. The van der Waals surface area contributed by atoms with Crippen molar-refractivity contribution >= 4 is 0 Å². The van der Waals surface area contributed by atoms with Crippen LogP contribution in [0.2, 0.25) is 0 Å². The van der Waals surface area contributed by atoms with Crippen molar-refractivity contribution in [1.82, 2.24) is 0 Å². The number of hydrogen-bond donors (Lipinski definition) is 3. The van der Waals surface area contributed by atoms with Gasteiger partial charge in [-0.25, -0.2) is 0 Å². The normalized spacial score (nSPS) is 38.5. The molecule has 6 atom stereocenters. The summed E-state index contributed by atoms with van der Waals surface area (Å²) in [6, 6.07) is 0. The topological polar surface area (TPSA) is 69.9 Å². The van der Waals surface area contributed by atoms with Crippen LogP contribution in [0.1, 0.15) is 46.5 Å². The molecule has 0 aromatic rings. The van der Waals surface area contributed by atoms with Gasteiger partial charge in [0.15, 0.2) is 6.29 Å². The number of aliphatic hydroxyl groups is 3. The van der Waals surface area contributed by atoms with E-state index in [0.29, 0.717) is 19.3 Å². The Morgan fingerprint density at radius 2 is 2.00 bits per heavy atom. The summed E-state index contributed by atoms with van der Waals surface area (Å²) < 4.78 is 5.40. The van der Waals surface area contributed by atoms with Crippen molar-refractivity contribution in [2.45, 2.75) is 70.6 Å². The second kappa shape index (κ2) is 6.61. The van der Waals surface area contributed by atoms with E-state index in [1.807, 2.05) is 19.9 Å². The van der Waals surface area contributed by atoms with Gasteiger partial charge >= 0.3 is 0 Å². The Kier molecular flexibility index (Phi) is 5.25. The van der Waals surface area contributed by atoms with Crippen molar-refractivity contribution in [3.8, 4) is 0 Å². The van der Waals surface area contributed by atoms with E-state index < -0.39 is 18.0 Å². The minimum absolute atomic E-state index is 0.0397. The van der Waals surface area contributed by atoms with Gasteiger partial charge in [-0.15, -0.1) is 0 Å². The molecule has 0 radical (unpaired) electrons. The summed E-state index contributed by atoms with van der Waals surface area (Å²) in [5, 5.41) is 30.1. The molecule has 3 N–H and O–H groups in total. The van der Waals surface area contributed by atoms with E-state index >= 15 is 0 Å². The van der Waals surface area contributed by atoms with Gasteiger partial charge < -0.3 is 20.1 Å². The van der Waals surface area contributed by atoms with Gasteiger partial charge in [0.25, 0.3) is 0 Å². The average Bonchev–Trinajstić information content (AvgIpc) is 2.81. The zero-order chi connectivity index (χ0) is 15.6. The summed E-state index contributed by atoms with van der Waals surface area (Å²) in [5.41, 5.74) is 0.378. The molecule has 0 bridgehead atoms. The Morgan fingerprint density at radius 1 is 1.29 bits per heavy atom. The van der Waals surface area contributed by atoms with Crippen molar-refractivity contribution in [3.05, 3.63) is 23.8 Å². The fourth-order valence-corrected chi connectivity index (χ4v) is 3.38. The van der Waals surface area contributed by atoms with E-state index in [1.165, 1.54) is 5.57 Å². The number of hydrogen-bond acceptors (Lipinski definition) is 4. The summed E-state index contributed by atoms with van der Waals surface area (Å²) in [5.74, 6) is 0.113. The standard InChI is InChI=1S/C17H28O4/c1-11(2)5-4-7-17(3,20)8-6-12-13-9-16(19)21-15(13)10-14(12)18/h5-6,8,12-16,18-20H,4,7,9-10H2,1-3H3/t12-,13-,14-,15+,16?,17?/m1/s1. The van der Waals surface area contributed by atoms with Gasteiger partial charge in [-0.3, -0.25) is 0 Å². The van der Waals surface area contributed by atoms with Gasteiger partial charge in [0, 0.05) is 18.8 Å². The van der Waals surface area contributed by atoms with E-state index in [9.17, 15) is 15.3 Å². The average molecular weight is 296 g/mol.